The molecule has 0 amide bonds. The van der Waals surface area contributed by atoms with Gasteiger partial charge in [0.2, 0.25) is 9.05 Å². The summed E-state index contributed by atoms with van der Waals surface area (Å²) in [6.45, 7) is 0.125. The third kappa shape index (κ3) is 5.86. The molecule has 18 heavy (non-hydrogen) atoms. The molecule has 0 saturated carbocycles. The van der Waals surface area contributed by atoms with Crippen molar-refractivity contribution >= 4 is 31.3 Å². The molecule has 0 bridgehead atoms. The highest BCUT2D eigenvalue weighted by molar-refractivity contribution is 8.13. The first-order valence-electron chi connectivity index (χ1n) is 4.97. The SMILES string of the molecule is O=S(=O)(Cl)CCOCCOc1c(F)cccc1Cl. The molecular formula is C10H11Cl2FO4S. The van der Waals surface area contributed by atoms with Crippen LogP contribution in [0.3, 0.4) is 0 Å². The Bertz CT molecular complexity index is 472. The van der Waals surface area contributed by atoms with Gasteiger partial charge in [-0.1, -0.05) is 17.7 Å². The average molecular weight is 317 g/mol. The Kier molecular flexibility index (Phi) is 6.14. The van der Waals surface area contributed by atoms with Gasteiger partial charge in [-0.3, -0.25) is 0 Å². The molecule has 0 aliphatic carbocycles. The Morgan fingerprint density at radius 1 is 1.22 bits per heavy atom. The van der Waals surface area contributed by atoms with Gasteiger partial charge in [0, 0.05) is 10.7 Å². The van der Waals surface area contributed by atoms with Crippen LogP contribution in [0.15, 0.2) is 18.2 Å². The van der Waals surface area contributed by atoms with Crippen LogP contribution in [-0.2, 0) is 13.8 Å². The van der Waals surface area contributed by atoms with Gasteiger partial charge in [0.1, 0.15) is 6.61 Å². The van der Waals surface area contributed by atoms with E-state index in [2.05, 4.69) is 0 Å². The van der Waals surface area contributed by atoms with Crippen LogP contribution >= 0.6 is 22.3 Å². The molecule has 0 unspecified atom stereocenters. The van der Waals surface area contributed by atoms with Crippen molar-refractivity contribution in [1.82, 2.24) is 0 Å². The third-order valence-corrected chi connectivity index (χ3v) is 3.28. The summed E-state index contributed by atoms with van der Waals surface area (Å²) < 4.78 is 44.4. The fraction of sp³-hybridized carbons (Fsp3) is 0.400. The van der Waals surface area contributed by atoms with Crippen molar-refractivity contribution in [3.8, 4) is 5.75 Å². The first kappa shape index (κ1) is 15.5. The van der Waals surface area contributed by atoms with E-state index in [0.717, 1.165) is 0 Å². The summed E-state index contributed by atoms with van der Waals surface area (Å²) in [5, 5.41) is 0.165. The first-order valence-corrected chi connectivity index (χ1v) is 7.82. The summed E-state index contributed by atoms with van der Waals surface area (Å²) >= 11 is 5.73. The van der Waals surface area contributed by atoms with Gasteiger partial charge in [0.25, 0.3) is 0 Å². The lowest BCUT2D eigenvalue weighted by molar-refractivity contribution is 0.110. The van der Waals surface area contributed by atoms with E-state index in [0.29, 0.717) is 0 Å². The number of rotatable bonds is 7. The Hall–Kier alpha value is -0.560. The second-order valence-electron chi connectivity index (χ2n) is 3.25. The molecular weight excluding hydrogens is 306 g/mol. The monoisotopic (exact) mass is 316 g/mol. The van der Waals surface area contributed by atoms with Crippen molar-refractivity contribution in [2.24, 2.45) is 0 Å². The largest absolute Gasteiger partial charge is 0.487 e. The molecule has 0 aromatic heterocycles. The third-order valence-electron chi connectivity index (χ3n) is 1.86. The number of ether oxygens (including phenoxy) is 2. The molecule has 1 aromatic rings. The van der Waals surface area contributed by atoms with Gasteiger partial charge in [-0.25, -0.2) is 12.8 Å². The summed E-state index contributed by atoms with van der Waals surface area (Å²) in [6, 6.07) is 4.19. The van der Waals surface area contributed by atoms with Crippen LogP contribution in [0.1, 0.15) is 0 Å². The Morgan fingerprint density at radius 2 is 1.94 bits per heavy atom. The Labute approximate surface area is 114 Å². The van der Waals surface area contributed by atoms with Crippen molar-refractivity contribution < 1.29 is 22.3 Å². The predicted octanol–water partition coefficient (Wildman–Crippen LogP) is 2.44. The van der Waals surface area contributed by atoms with E-state index >= 15 is 0 Å². The maximum Gasteiger partial charge on any atom is 0.234 e. The molecule has 0 N–H and O–H groups in total. The van der Waals surface area contributed by atoms with E-state index in [4.69, 9.17) is 31.8 Å². The van der Waals surface area contributed by atoms with Gasteiger partial charge < -0.3 is 9.47 Å². The van der Waals surface area contributed by atoms with E-state index in [9.17, 15) is 12.8 Å². The van der Waals surface area contributed by atoms with Gasteiger partial charge in [-0.05, 0) is 12.1 Å². The standard InChI is InChI=1S/C10H11Cl2FO4S/c11-8-2-1-3-9(13)10(8)17-5-4-16-6-7-18(12,14)15/h1-3H,4-7H2. The average Bonchev–Trinajstić information content (AvgIpc) is 2.25. The van der Waals surface area contributed by atoms with Crippen LogP contribution in [0, 0.1) is 5.82 Å². The fourth-order valence-electron chi connectivity index (χ4n) is 1.08. The number of para-hydroxylation sites is 1. The van der Waals surface area contributed by atoms with E-state index in [1.165, 1.54) is 18.2 Å². The van der Waals surface area contributed by atoms with Crippen LogP contribution in [0.5, 0.6) is 5.75 Å². The minimum absolute atomic E-state index is 0.0415. The van der Waals surface area contributed by atoms with Crippen LogP contribution < -0.4 is 4.74 Å². The van der Waals surface area contributed by atoms with Crippen molar-refractivity contribution in [2.75, 3.05) is 25.6 Å². The van der Waals surface area contributed by atoms with Crippen molar-refractivity contribution in [2.45, 2.75) is 0 Å². The normalized spacial score (nSPS) is 11.5. The van der Waals surface area contributed by atoms with E-state index in [1.807, 2.05) is 0 Å². The zero-order valence-electron chi connectivity index (χ0n) is 9.24. The number of halogens is 3. The van der Waals surface area contributed by atoms with Crippen LogP contribution in [-0.4, -0.2) is 34.0 Å². The van der Waals surface area contributed by atoms with E-state index < -0.39 is 14.9 Å². The summed E-state index contributed by atoms with van der Waals surface area (Å²) in [7, 11) is 1.43. The van der Waals surface area contributed by atoms with Crippen molar-refractivity contribution in [3.63, 3.8) is 0 Å². The van der Waals surface area contributed by atoms with Crippen molar-refractivity contribution in [1.29, 1.82) is 0 Å². The second kappa shape index (κ2) is 7.13. The van der Waals surface area contributed by atoms with Gasteiger partial charge in [0.15, 0.2) is 11.6 Å². The maximum absolute atomic E-state index is 13.2. The number of benzene rings is 1. The zero-order chi connectivity index (χ0) is 13.6. The number of hydrogen-bond acceptors (Lipinski definition) is 4. The minimum Gasteiger partial charge on any atom is -0.487 e. The van der Waals surface area contributed by atoms with Crippen molar-refractivity contribution in [3.05, 3.63) is 29.0 Å². The highest BCUT2D eigenvalue weighted by atomic mass is 35.7. The molecule has 0 spiro atoms. The molecule has 0 heterocycles. The van der Waals surface area contributed by atoms with Gasteiger partial charge >= 0.3 is 0 Å². The molecule has 1 aromatic carbocycles. The topological polar surface area (TPSA) is 52.6 Å². The fourth-order valence-corrected chi connectivity index (χ4v) is 1.81. The lowest BCUT2D eigenvalue weighted by Gasteiger charge is -2.08. The molecule has 0 radical (unpaired) electrons. The predicted molar refractivity (Wildman–Crippen MR) is 67.4 cm³/mol. The molecule has 0 saturated heterocycles. The summed E-state index contributed by atoms with van der Waals surface area (Å²) in [5.41, 5.74) is 0. The molecule has 0 aliphatic heterocycles. The minimum atomic E-state index is -3.55. The molecule has 0 atom stereocenters. The zero-order valence-corrected chi connectivity index (χ0v) is 11.6. The second-order valence-corrected chi connectivity index (χ2v) is 6.56. The number of hydrogen-bond donors (Lipinski definition) is 0. The van der Waals surface area contributed by atoms with Crippen LogP contribution in [0.4, 0.5) is 4.39 Å². The smallest absolute Gasteiger partial charge is 0.234 e. The van der Waals surface area contributed by atoms with Crippen LogP contribution in [0.2, 0.25) is 5.02 Å². The van der Waals surface area contributed by atoms with Gasteiger partial charge in [-0.2, -0.15) is 0 Å². The van der Waals surface area contributed by atoms with Gasteiger partial charge in [0.05, 0.1) is 24.0 Å². The lowest BCUT2D eigenvalue weighted by atomic mass is 10.3. The Balaban J connectivity index is 2.26. The van der Waals surface area contributed by atoms with E-state index in [1.54, 1.807) is 0 Å². The lowest BCUT2D eigenvalue weighted by Crippen LogP contribution is -2.12. The molecule has 1 rings (SSSR count). The highest BCUT2D eigenvalue weighted by Gasteiger charge is 2.08. The quantitative estimate of drug-likeness (QED) is 0.572. The summed E-state index contributed by atoms with van der Waals surface area (Å²) in [4.78, 5) is 0. The maximum atomic E-state index is 13.2. The molecule has 8 heteroatoms. The van der Waals surface area contributed by atoms with Crippen LogP contribution in [0.25, 0.3) is 0 Å². The highest BCUT2D eigenvalue weighted by Crippen LogP contribution is 2.26. The molecule has 0 aliphatic rings. The first-order chi connectivity index (χ1) is 8.40. The van der Waals surface area contributed by atoms with E-state index in [-0.39, 0.29) is 36.3 Å². The summed E-state index contributed by atoms with van der Waals surface area (Å²) in [6.07, 6.45) is 0. The molecule has 0 fully saturated rings. The summed E-state index contributed by atoms with van der Waals surface area (Å²) in [5.74, 6) is -0.895. The van der Waals surface area contributed by atoms with Gasteiger partial charge in [-0.15, -0.1) is 0 Å². The molecule has 4 nitrogen and oxygen atoms in total. The molecule has 102 valence electrons. The Morgan fingerprint density at radius 3 is 2.56 bits per heavy atom.